The summed E-state index contributed by atoms with van der Waals surface area (Å²) in [7, 11) is -0.657. The number of nitrogens with zero attached hydrogens (tertiary/aromatic N) is 1. The van der Waals surface area contributed by atoms with E-state index in [-0.39, 0.29) is 11.6 Å². The Bertz CT molecular complexity index is 532. The van der Waals surface area contributed by atoms with E-state index >= 15 is 0 Å². The average molecular weight is 297 g/mol. The van der Waals surface area contributed by atoms with Crippen molar-refractivity contribution in [2.75, 3.05) is 0 Å². The molecule has 2 rings (SSSR count). The molecule has 0 atom stereocenters. The molecule has 1 aromatic rings. The van der Waals surface area contributed by atoms with Crippen molar-refractivity contribution in [2.24, 2.45) is 5.73 Å². The molecule has 0 bridgehead atoms. The molecule has 1 fully saturated rings. The van der Waals surface area contributed by atoms with Crippen LogP contribution in [0.25, 0.3) is 0 Å². The van der Waals surface area contributed by atoms with Crippen molar-refractivity contribution in [2.45, 2.75) is 45.3 Å². The van der Waals surface area contributed by atoms with E-state index in [9.17, 15) is 4.79 Å². The molecular formula is C13H18BClN2O3. The fourth-order valence-electron chi connectivity index (χ4n) is 2.04. The Morgan fingerprint density at radius 1 is 1.35 bits per heavy atom. The number of nitrogens with two attached hydrogens (primary N) is 1. The molecule has 0 radical (unpaired) electrons. The molecule has 0 aromatic carbocycles. The van der Waals surface area contributed by atoms with E-state index in [1.54, 1.807) is 6.07 Å². The van der Waals surface area contributed by atoms with Gasteiger partial charge in [0.2, 0.25) is 5.91 Å². The van der Waals surface area contributed by atoms with Gasteiger partial charge >= 0.3 is 7.12 Å². The van der Waals surface area contributed by atoms with Gasteiger partial charge in [0.05, 0.1) is 17.6 Å². The molecular weight excluding hydrogens is 278 g/mol. The van der Waals surface area contributed by atoms with Gasteiger partial charge in [-0.15, -0.1) is 0 Å². The van der Waals surface area contributed by atoms with Gasteiger partial charge in [0.1, 0.15) is 5.15 Å². The topological polar surface area (TPSA) is 74.4 Å². The van der Waals surface area contributed by atoms with Crippen molar-refractivity contribution >= 4 is 30.1 Å². The first-order valence-corrected chi connectivity index (χ1v) is 6.79. The van der Waals surface area contributed by atoms with Gasteiger partial charge in [0.25, 0.3) is 0 Å². The summed E-state index contributed by atoms with van der Waals surface area (Å²) >= 11 is 6.16. The number of amides is 1. The second kappa shape index (κ2) is 5.02. The van der Waals surface area contributed by atoms with Crippen LogP contribution in [-0.4, -0.2) is 29.2 Å². The zero-order chi connectivity index (χ0) is 15.1. The van der Waals surface area contributed by atoms with E-state index in [1.165, 1.54) is 6.20 Å². The fourth-order valence-corrected chi connectivity index (χ4v) is 2.30. The number of hydrogen-bond donors (Lipinski definition) is 1. The van der Waals surface area contributed by atoms with Gasteiger partial charge < -0.3 is 15.0 Å². The highest BCUT2D eigenvalue weighted by atomic mass is 35.5. The minimum atomic E-state index is -0.657. The van der Waals surface area contributed by atoms with E-state index < -0.39 is 24.2 Å². The summed E-state index contributed by atoms with van der Waals surface area (Å²) in [6.07, 6.45) is 1.61. The molecule has 1 aliphatic heterocycles. The Morgan fingerprint density at radius 3 is 2.40 bits per heavy atom. The van der Waals surface area contributed by atoms with E-state index in [0.717, 1.165) is 0 Å². The van der Waals surface area contributed by atoms with Gasteiger partial charge in [-0.25, -0.2) is 4.98 Å². The van der Waals surface area contributed by atoms with Crippen LogP contribution < -0.4 is 11.2 Å². The Morgan fingerprint density at radius 2 is 1.90 bits per heavy atom. The summed E-state index contributed by atoms with van der Waals surface area (Å²) in [5, 5.41) is 0.266. The Balaban J connectivity index is 2.41. The number of pyridine rings is 1. The van der Waals surface area contributed by atoms with Crippen LogP contribution in [0.4, 0.5) is 0 Å². The average Bonchev–Trinajstić information content (AvgIpc) is 2.46. The first-order chi connectivity index (χ1) is 9.14. The summed E-state index contributed by atoms with van der Waals surface area (Å²) < 4.78 is 11.9. The zero-order valence-electron chi connectivity index (χ0n) is 12.1. The van der Waals surface area contributed by atoms with Gasteiger partial charge in [0.15, 0.2) is 0 Å². The normalized spacial score (nSPS) is 20.1. The highest BCUT2D eigenvalue weighted by Crippen LogP contribution is 2.37. The molecule has 108 valence electrons. The third kappa shape index (κ3) is 2.68. The molecule has 1 saturated heterocycles. The van der Waals surface area contributed by atoms with Crippen molar-refractivity contribution in [3.8, 4) is 0 Å². The lowest BCUT2D eigenvalue weighted by Crippen LogP contribution is -2.41. The minimum absolute atomic E-state index is 0.0711. The van der Waals surface area contributed by atoms with Crippen LogP contribution in [0.3, 0.4) is 0 Å². The third-order valence-corrected chi connectivity index (χ3v) is 4.19. The third-order valence-electron chi connectivity index (χ3n) is 3.89. The number of primary amides is 1. The second-order valence-corrected chi connectivity index (χ2v) is 6.26. The van der Waals surface area contributed by atoms with Gasteiger partial charge in [-0.05, 0) is 39.3 Å². The van der Waals surface area contributed by atoms with Crippen LogP contribution >= 0.6 is 11.6 Å². The predicted octanol–water partition coefficient (Wildman–Crippen LogP) is 1.06. The van der Waals surface area contributed by atoms with Crippen LogP contribution in [0, 0.1) is 0 Å². The number of halogens is 1. The maximum atomic E-state index is 11.2. The molecule has 1 aromatic heterocycles. The molecule has 0 aliphatic carbocycles. The minimum Gasteiger partial charge on any atom is -0.399 e. The van der Waals surface area contributed by atoms with Crippen LogP contribution in [0.5, 0.6) is 0 Å². The summed E-state index contributed by atoms with van der Waals surface area (Å²) in [6.45, 7) is 7.80. The molecule has 5 nitrogen and oxygen atoms in total. The van der Waals surface area contributed by atoms with Crippen molar-refractivity contribution in [3.63, 3.8) is 0 Å². The van der Waals surface area contributed by atoms with Crippen molar-refractivity contribution < 1.29 is 14.1 Å². The lowest BCUT2D eigenvalue weighted by atomic mass is 9.76. The summed E-state index contributed by atoms with van der Waals surface area (Å²) in [5.74, 6) is -0.440. The number of carbonyl (C=O) groups excluding carboxylic acids is 1. The standard InChI is InChI=1S/C13H18BClN2O3/c1-12(2)13(3,4)20-14(19-12)10-8(7-9(16)18)5-6-17-11(10)15/h5-6H,7H2,1-4H3,(H2,16,18). The van der Waals surface area contributed by atoms with Crippen LogP contribution in [0.15, 0.2) is 12.3 Å². The van der Waals surface area contributed by atoms with Gasteiger partial charge in [0, 0.05) is 11.7 Å². The van der Waals surface area contributed by atoms with E-state index in [0.29, 0.717) is 11.0 Å². The number of hydrogen-bond acceptors (Lipinski definition) is 4. The smallest absolute Gasteiger partial charge is 0.399 e. The predicted molar refractivity (Wildman–Crippen MR) is 77.9 cm³/mol. The Labute approximate surface area is 123 Å². The largest absolute Gasteiger partial charge is 0.498 e. The molecule has 0 spiro atoms. The molecule has 0 unspecified atom stereocenters. The highest BCUT2D eigenvalue weighted by molar-refractivity contribution is 6.66. The summed E-state index contributed by atoms with van der Waals surface area (Å²) in [6, 6.07) is 1.71. The quantitative estimate of drug-likeness (QED) is 0.668. The fraction of sp³-hybridized carbons (Fsp3) is 0.538. The summed E-state index contributed by atoms with van der Waals surface area (Å²) in [4.78, 5) is 15.2. The molecule has 2 heterocycles. The lowest BCUT2D eigenvalue weighted by molar-refractivity contribution is -0.117. The van der Waals surface area contributed by atoms with E-state index in [1.807, 2.05) is 27.7 Å². The molecule has 7 heteroatoms. The number of carbonyl (C=O) groups is 1. The van der Waals surface area contributed by atoms with Crippen molar-refractivity contribution in [1.29, 1.82) is 0 Å². The summed E-state index contributed by atoms with van der Waals surface area (Å²) in [5.41, 5.74) is 5.55. The molecule has 1 amide bonds. The van der Waals surface area contributed by atoms with Crippen LogP contribution in [0.2, 0.25) is 5.15 Å². The molecule has 2 N–H and O–H groups in total. The van der Waals surface area contributed by atoms with Crippen LogP contribution in [0.1, 0.15) is 33.3 Å². The second-order valence-electron chi connectivity index (χ2n) is 5.91. The highest BCUT2D eigenvalue weighted by Gasteiger charge is 2.53. The van der Waals surface area contributed by atoms with E-state index in [4.69, 9.17) is 26.6 Å². The van der Waals surface area contributed by atoms with Crippen molar-refractivity contribution in [3.05, 3.63) is 23.0 Å². The number of rotatable bonds is 3. The maximum absolute atomic E-state index is 11.2. The molecule has 0 saturated carbocycles. The molecule has 1 aliphatic rings. The maximum Gasteiger partial charge on any atom is 0.498 e. The van der Waals surface area contributed by atoms with Crippen molar-refractivity contribution in [1.82, 2.24) is 4.98 Å². The number of aromatic nitrogens is 1. The van der Waals surface area contributed by atoms with Gasteiger partial charge in [-0.1, -0.05) is 11.6 Å². The first kappa shape index (κ1) is 15.3. The molecule has 20 heavy (non-hydrogen) atoms. The Hall–Kier alpha value is -1.11. The lowest BCUT2D eigenvalue weighted by Gasteiger charge is -2.32. The monoisotopic (exact) mass is 296 g/mol. The van der Waals surface area contributed by atoms with Gasteiger partial charge in [-0.2, -0.15) is 0 Å². The Kier molecular flexibility index (Phi) is 3.84. The van der Waals surface area contributed by atoms with Gasteiger partial charge in [-0.3, -0.25) is 4.79 Å². The SMILES string of the molecule is CC1(C)OB(c2c(CC(N)=O)ccnc2Cl)OC1(C)C. The zero-order valence-corrected chi connectivity index (χ0v) is 12.8. The first-order valence-electron chi connectivity index (χ1n) is 6.41. The van der Waals surface area contributed by atoms with E-state index in [2.05, 4.69) is 4.98 Å². The van der Waals surface area contributed by atoms with Crippen LogP contribution in [-0.2, 0) is 20.5 Å².